The van der Waals surface area contributed by atoms with Crippen LogP contribution in [0, 0.1) is 0 Å². The minimum atomic E-state index is 0.433. The summed E-state index contributed by atoms with van der Waals surface area (Å²) in [6.45, 7) is 1.06. The zero-order chi connectivity index (χ0) is 14.2. The molecule has 2 aromatic carbocycles. The normalized spacial score (nSPS) is 11.8. The molecule has 0 heterocycles. The molecule has 0 saturated heterocycles. The Morgan fingerprint density at radius 1 is 0.900 bits per heavy atom. The summed E-state index contributed by atoms with van der Waals surface area (Å²) in [4.78, 5) is 4.73. The summed E-state index contributed by atoms with van der Waals surface area (Å²) in [6.07, 6.45) is 0. The molecule has 0 spiro atoms. The summed E-state index contributed by atoms with van der Waals surface area (Å²) in [6, 6.07) is 21.6. The van der Waals surface area contributed by atoms with Crippen molar-refractivity contribution < 1.29 is 0 Å². The topological polar surface area (TPSA) is 3.24 Å². The second-order valence-corrected chi connectivity index (χ2v) is 9.16. The van der Waals surface area contributed by atoms with Gasteiger partial charge in [0.25, 0.3) is 0 Å². The molecule has 2 rings (SSSR count). The third kappa shape index (κ3) is 5.66. The third-order valence-electron chi connectivity index (χ3n) is 2.53. The maximum atomic E-state index is 2.47. The standard InChI is InChI=1S/C17H19NSe2/c1-18(2)13-17(20-16-11-7-4-8-12-16)14-19-15-9-5-3-6-10-15/h3-12,14H,13H2,1-2H3/b17-14+. The van der Waals surface area contributed by atoms with Gasteiger partial charge in [-0.05, 0) is 0 Å². The van der Waals surface area contributed by atoms with Crippen molar-refractivity contribution in [1.29, 1.82) is 0 Å². The molecule has 3 heteroatoms. The molecule has 0 aromatic heterocycles. The Morgan fingerprint density at radius 3 is 2.00 bits per heavy atom. The van der Waals surface area contributed by atoms with Crippen molar-refractivity contribution >= 4 is 38.8 Å². The van der Waals surface area contributed by atoms with Crippen LogP contribution in [0.5, 0.6) is 0 Å². The van der Waals surface area contributed by atoms with Gasteiger partial charge in [-0.25, -0.2) is 0 Å². The van der Waals surface area contributed by atoms with E-state index in [0.29, 0.717) is 29.9 Å². The molecule has 0 saturated carbocycles. The minimum absolute atomic E-state index is 0.433. The van der Waals surface area contributed by atoms with Gasteiger partial charge in [0.05, 0.1) is 0 Å². The molecule has 0 aliphatic carbocycles. The molecule has 0 amide bonds. The SMILES string of the molecule is CN(C)C/C(=C\[Se]c1ccccc1)[Se]c1ccccc1. The van der Waals surface area contributed by atoms with Crippen LogP contribution in [0.2, 0.25) is 0 Å². The van der Waals surface area contributed by atoms with Crippen LogP contribution in [0.25, 0.3) is 0 Å². The van der Waals surface area contributed by atoms with E-state index in [1.165, 1.54) is 8.92 Å². The molecule has 0 fully saturated rings. The van der Waals surface area contributed by atoms with Gasteiger partial charge in [0.1, 0.15) is 0 Å². The summed E-state index contributed by atoms with van der Waals surface area (Å²) >= 11 is 0.866. The van der Waals surface area contributed by atoms with Gasteiger partial charge >= 0.3 is 134 Å². The molecule has 2 aromatic rings. The van der Waals surface area contributed by atoms with E-state index in [1.807, 2.05) is 0 Å². The van der Waals surface area contributed by atoms with Gasteiger partial charge in [-0.3, -0.25) is 0 Å². The molecule has 0 aliphatic rings. The molecule has 104 valence electrons. The Morgan fingerprint density at radius 2 is 1.45 bits per heavy atom. The monoisotopic (exact) mass is 397 g/mol. The van der Waals surface area contributed by atoms with Gasteiger partial charge in [-0.1, -0.05) is 0 Å². The second-order valence-electron chi connectivity index (χ2n) is 4.67. The average Bonchev–Trinajstić information content (AvgIpc) is 2.46. The van der Waals surface area contributed by atoms with E-state index in [0.717, 1.165) is 6.54 Å². The van der Waals surface area contributed by atoms with Gasteiger partial charge in [0.15, 0.2) is 0 Å². The molecule has 0 radical (unpaired) electrons. The summed E-state index contributed by atoms with van der Waals surface area (Å²) in [5.41, 5.74) is 0. The predicted molar refractivity (Wildman–Crippen MR) is 90.3 cm³/mol. The van der Waals surface area contributed by atoms with Crippen molar-refractivity contribution in [3.8, 4) is 0 Å². The van der Waals surface area contributed by atoms with Gasteiger partial charge in [-0.2, -0.15) is 0 Å². The van der Waals surface area contributed by atoms with E-state index in [9.17, 15) is 0 Å². The fourth-order valence-corrected chi connectivity index (χ4v) is 6.13. The van der Waals surface area contributed by atoms with Gasteiger partial charge < -0.3 is 0 Å². The number of benzene rings is 2. The zero-order valence-electron chi connectivity index (χ0n) is 11.8. The Kier molecular flexibility index (Phi) is 6.59. The van der Waals surface area contributed by atoms with E-state index >= 15 is 0 Å². The van der Waals surface area contributed by atoms with Crippen LogP contribution in [0.4, 0.5) is 0 Å². The average molecular weight is 395 g/mol. The first-order valence-corrected chi connectivity index (χ1v) is 10.1. The van der Waals surface area contributed by atoms with Crippen molar-refractivity contribution in [3.05, 3.63) is 70.1 Å². The zero-order valence-corrected chi connectivity index (χ0v) is 15.2. The number of nitrogens with zero attached hydrogens (tertiary/aromatic N) is 1. The second kappa shape index (κ2) is 8.46. The van der Waals surface area contributed by atoms with Crippen LogP contribution in [-0.4, -0.2) is 55.5 Å². The first-order chi connectivity index (χ1) is 9.74. The summed E-state index contributed by atoms with van der Waals surface area (Å²) in [7, 11) is 4.29. The molecule has 0 atom stereocenters. The molecule has 1 nitrogen and oxygen atoms in total. The number of likely N-dealkylation sites (N-methyl/N-ethyl adjacent to an activating group) is 1. The van der Waals surface area contributed by atoms with Crippen LogP contribution in [0.15, 0.2) is 70.1 Å². The van der Waals surface area contributed by atoms with Crippen molar-refractivity contribution in [2.75, 3.05) is 20.6 Å². The fourth-order valence-electron chi connectivity index (χ4n) is 1.68. The Bertz CT molecular complexity index is 535. The Hall–Kier alpha value is -0.821. The molecule has 0 bridgehead atoms. The van der Waals surface area contributed by atoms with E-state index in [-0.39, 0.29) is 0 Å². The number of rotatable bonds is 6. The fraction of sp³-hybridized carbons (Fsp3) is 0.176. The third-order valence-corrected chi connectivity index (χ3v) is 7.41. The van der Waals surface area contributed by atoms with E-state index in [4.69, 9.17) is 0 Å². The maximum absolute atomic E-state index is 2.47. The van der Waals surface area contributed by atoms with E-state index in [1.54, 1.807) is 4.47 Å². The summed E-state index contributed by atoms with van der Waals surface area (Å²) in [5, 5.41) is 0. The number of hydrogen-bond donors (Lipinski definition) is 0. The molecular weight excluding hydrogens is 376 g/mol. The molecule has 0 aliphatic heterocycles. The molecule has 0 unspecified atom stereocenters. The van der Waals surface area contributed by atoms with Crippen LogP contribution in [-0.2, 0) is 0 Å². The predicted octanol–water partition coefficient (Wildman–Crippen LogP) is 1.45. The summed E-state index contributed by atoms with van der Waals surface area (Å²) < 4.78 is 4.47. The van der Waals surface area contributed by atoms with Crippen LogP contribution >= 0.6 is 0 Å². The quantitative estimate of drug-likeness (QED) is 0.670. The summed E-state index contributed by atoms with van der Waals surface area (Å²) in [5.74, 6) is 0. The first kappa shape index (κ1) is 15.6. The van der Waals surface area contributed by atoms with Crippen LogP contribution in [0.3, 0.4) is 0 Å². The van der Waals surface area contributed by atoms with Crippen LogP contribution in [0.1, 0.15) is 0 Å². The van der Waals surface area contributed by atoms with Crippen molar-refractivity contribution in [1.82, 2.24) is 4.90 Å². The van der Waals surface area contributed by atoms with Crippen LogP contribution < -0.4 is 8.92 Å². The van der Waals surface area contributed by atoms with Gasteiger partial charge in [0, 0.05) is 0 Å². The van der Waals surface area contributed by atoms with Gasteiger partial charge in [-0.15, -0.1) is 0 Å². The van der Waals surface area contributed by atoms with Crippen molar-refractivity contribution in [3.63, 3.8) is 0 Å². The van der Waals surface area contributed by atoms with E-state index < -0.39 is 0 Å². The molecular formula is C17H19NSe2. The molecule has 0 N–H and O–H groups in total. The van der Waals surface area contributed by atoms with Crippen molar-refractivity contribution in [2.24, 2.45) is 0 Å². The number of hydrogen-bond acceptors (Lipinski definition) is 1. The van der Waals surface area contributed by atoms with Gasteiger partial charge in [0.2, 0.25) is 0 Å². The Balaban J connectivity index is 2.07. The Labute approximate surface area is 134 Å². The van der Waals surface area contributed by atoms with Crippen molar-refractivity contribution in [2.45, 2.75) is 0 Å². The first-order valence-electron chi connectivity index (χ1n) is 6.52. The van der Waals surface area contributed by atoms with E-state index in [2.05, 4.69) is 84.6 Å². The molecule has 20 heavy (non-hydrogen) atoms.